The molecule has 0 saturated heterocycles. The van der Waals surface area contributed by atoms with Crippen LogP contribution in [0.1, 0.15) is 5.56 Å². The molecule has 68 valence electrons. The van der Waals surface area contributed by atoms with Crippen LogP contribution in [0.25, 0.3) is 0 Å². The van der Waals surface area contributed by atoms with E-state index < -0.39 is 0 Å². The van der Waals surface area contributed by atoms with Gasteiger partial charge in [-0.25, -0.2) is 0 Å². The highest BCUT2D eigenvalue weighted by atomic mass is 16.9. The monoisotopic (exact) mass is 178 g/mol. The van der Waals surface area contributed by atoms with Gasteiger partial charge < -0.3 is 0 Å². The summed E-state index contributed by atoms with van der Waals surface area (Å²) >= 11 is 0. The van der Waals surface area contributed by atoms with E-state index in [1.54, 1.807) is 24.3 Å². The first-order valence-corrected chi connectivity index (χ1v) is 3.71. The second kappa shape index (κ2) is 4.45. The molecule has 0 unspecified atom stereocenters. The Labute approximate surface area is 76.8 Å². The highest BCUT2D eigenvalue weighted by molar-refractivity contribution is 5.56. The fourth-order valence-electron chi connectivity index (χ4n) is 0.999. The van der Waals surface area contributed by atoms with Crippen LogP contribution in [0, 0.1) is 11.3 Å². The van der Waals surface area contributed by atoms with Gasteiger partial charge in [0.15, 0.2) is 0 Å². The Hall–Kier alpha value is -1.57. The smallest absolute Gasteiger partial charge is 0.112 e. The maximum atomic E-state index is 8.77. The molecular formula is C9H10N2O2. The first-order chi connectivity index (χ1) is 6.33. The number of anilines is 1. The number of nitrogens with zero attached hydrogens (tertiary/aromatic N) is 2. The fourth-order valence-corrected chi connectivity index (χ4v) is 0.999. The predicted molar refractivity (Wildman–Crippen MR) is 47.7 cm³/mol. The number of benzene rings is 1. The van der Waals surface area contributed by atoms with Crippen LogP contribution in [-0.2, 0) is 9.68 Å². The van der Waals surface area contributed by atoms with E-state index in [2.05, 4.69) is 0 Å². The molecule has 0 radical (unpaired) electrons. The van der Waals surface area contributed by atoms with Crippen molar-refractivity contribution in [1.82, 2.24) is 0 Å². The molecule has 0 aromatic heterocycles. The zero-order valence-electron chi connectivity index (χ0n) is 7.52. The highest BCUT2D eigenvalue weighted by Crippen LogP contribution is 2.18. The third-order valence-corrected chi connectivity index (χ3v) is 1.55. The summed E-state index contributed by atoms with van der Waals surface area (Å²) in [6.07, 6.45) is 0. The largest absolute Gasteiger partial charge is 0.252 e. The van der Waals surface area contributed by atoms with Crippen molar-refractivity contribution in [3.8, 4) is 6.07 Å². The third-order valence-electron chi connectivity index (χ3n) is 1.55. The zero-order chi connectivity index (χ0) is 9.68. The Morgan fingerprint density at radius 3 is 2.38 bits per heavy atom. The molecule has 1 rings (SSSR count). The minimum Gasteiger partial charge on any atom is -0.252 e. The normalized spacial score (nSPS) is 9.31. The number of hydrogen-bond acceptors (Lipinski definition) is 4. The van der Waals surface area contributed by atoms with E-state index in [-0.39, 0.29) is 0 Å². The van der Waals surface area contributed by atoms with Crippen molar-refractivity contribution < 1.29 is 9.68 Å². The topological polar surface area (TPSA) is 45.5 Å². The fraction of sp³-hybridized carbons (Fsp3) is 0.222. The molecule has 1 aromatic rings. The maximum Gasteiger partial charge on any atom is 0.112 e. The maximum absolute atomic E-state index is 8.77. The average Bonchev–Trinajstić information content (AvgIpc) is 2.20. The van der Waals surface area contributed by atoms with Crippen LogP contribution in [0.2, 0.25) is 0 Å². The van der Waals surface area contributed by atoms with Crippen molar-refractivity contribution in [3.05, 3.63) is 29.8 Å². The van der Waals surface area contributed by atoms with Crippen molar-refractivity contribution in [2.45, 2.75) is 0 Å². The van der Waals surface area contributed by atoms with E-state index in [9.17, 15) is 0 Å². The molecule has 0 aliphatic rings. The van der Waals surface area contributed by atoms with E-state index in [4.69, 9.17) is 14.9 Å². The molecular weight excluding hydrogens is 168 g/mol. The molecule has 4 nitrogen and oxygen atoms in total. The van der Waals surface area contributed by atoms with Crippen LogP contribution in [-0.4, -0.2) is 14.2 Å². The number of rotatable bonds is 3. The molecule has 0 atom stereocenters. The molecule has 4 heteroatoms. The summed E-state index contributed by atoms with van der Waals surface area (Å²) in [5.74, 6) is 0. The summed E-state index contributed by atoms with van der Waals surface area (Å²) in [7, 11) is 2.94. The Bertz CT molecular complexity index is 316. The predicted octanol–water partition coefficient (Wildman–Crippen LogP) is 1.49. The number of para-hydroxylation sites is 1. The molecule has 0 heterocycles. The molecule has 0 bridgehead atoms. The van der Waals surface area contributed by atoms with E-state index in [0.29, 0.717) is 11.3 Å². The summed E-state index contributed by atoms with van der Waals surface area (Å²) < 4.78 is 0. The Kier molecular flexibility index (Phi) is 3.26. The van der Waals surface area contributed by atoms with Gasteiger partial charge in [-0.1, -0.05) is 12.1 Å². The van der Waals surface area contributed by atoms with Gasteiger partial charge in [0.05, 0.1) is 19.8 Å². The molecule has 1 aromatic carbocycles. The quantitative estimate of drug-likeness (QED) is 0.658. The minimum atomic E-state index is 0.506. The van der Waals surface area contributed by atoms with E-state index in [0.717, 1.165) is 0 Å². The average molecular weight is 178 g/mol. The molecule has 0 aliphatic carbocycles. The van der Waals surface area contributed by atoms with Crippen LogP contribution >= 0.6 is 0 Å². The standard InChI is InChI=1S/C9H10N2O2/c1-12-11(13-2)9-6-4-3-5-8(9)7-10/h3-6H,1-2H3. The molecule has 0 fully saturated rings. The summed E-state index contributed by atoms with van der Waals surface area (Å²) in [6, 6.07) is 9.07. The van der Waals surface area contributed by atoms with E-state index in [1.165, 1.54) is 19.4 Å². The molecule has 13 heavy (non-hydrogen) atoms. The second-order valence-corrected chi connectivity index (χ2v) is 2.25. The molecule has 0 spiro atoms. The Morgan fingerprint density at radius 2 is 1.85 bits per heavy atom. The Balaban J connectivity index is 3.05. The van der Waals surface area contributed by atoms with Crippen molar-refractivity contribution in [3.63, 3.8) is 0 Å². The van der Waals surface area contributed by atoms with Crippen molar-refractivity contribution >= 4 is 5.69 Å². The van der Waals surface area contributed by atoms with Crippen LogP contribution < -0.4 is 5.23 Å². The van der Waals surface area contributed by atoms with Crippen molar-refractivity contribution in [2.24, 2.45) is 0 Å². The second-order valence-electron chi connectivity index (χ2n) is 2.25. The van der Waals surface area contributed by atoms with Gasteiger partial charge in [0.25, 0.3) is 0 Å². The first kappa shape index (κ1) is 9.52. The van der Waals surface area contributed by atoms with Gasteiger partial charge in [0.2, 0.25) is 0 Å². The zero-order valence-corrected chi connectivity index (χ0v) is 7.52. The molecule has 0 saturated carbocycles. The van der Waals surface area contributed by atoms with Gasteiger partial charge in [-0.15, -0.1) is 5.23 Å². The van der Waals surface area contributed by atoms with Gasteiger partial charge >= 0.3 is 0 Å². The lowest BCUT2D eigenvalue weighted by Gasteiger charge is -2.18. The SMILES string of the molecule is CON(OC)c1ccccc1C#N. The van der Waals surface area contributed by atoms with Crippen LogP contribution in [0.5, 0.6) is 0 Å². The van der Waals surface area contributed by atoms with Gasteiger partial charge in [-0.05, 0) is 12.1 Å². The summed E-state index contributed by atoms with van der Waals surface area (Å²) in [4.78, 5) is 9.78. The lowest BCUT2D eigenvalue weighted by atomic mass is 10.2. The highest BCUT2D eigenvalue weighted by Gasteiger charge is 2.08. The number of nitriles is 1. The molecule has 0 aliphatic heterocycles. The Morgan fingerprint density at radius 1 is 1.23 bits per heavy atom. The van der Waals surface area contributed by atoms with Crippen molar-refractivity contribution in [2.75, 3.05) is 19.4 Å². The van der Waals surface area contributed by atoms with Crippen molar-refractivity contribution in [1.29, 1.82) is 5.26 Å². The van der Waals surface area contributed by atoms with Gasteiger partial charge in [-0.3, -0.25) is 9.68 Å². The van der Waals surface area contributed by atoms with Crippen LogP contribution in [0.3, 0.4) is 0 Å². The number of hydrogen-bond donors (Lipinski definition) is 0. The van der Waals surface area contributed by atoms with Crippen LogP contribution in [0.15, 0.2) is 24.3 Å². The molecule has 0 amide bonds. The van der Waals surface area contributed by atoms with Gasteiger partial charge in [0.1, 0.15) is 11.8 Å². The summed E-state index contributed by atoms with van der Waals surface area (Å²) in [5, 5.41) is 9.95. The summed E-state index contributed by atoms with van der Waals surface area (Å²) in [6.45, 7) is 0. The van der Waals surface area contributed by atoms with Gasteiger partial charge in [0, 0.05) is 0 Å². The lowest BCUT2D eigenvalue weighted by molar-refractivity contribution is -0.0434. The summed E-state index contributed by atoms with van der Waals surface area (Å²) in [5.41, 5.74) is 1.10. The lowest BCUT2D eigenvalue weighted by Crippen LogP contribution is -2.20. The van der Waals surface area contributed by atoms with E-state index >= 15 is 0 Å². The molecule has 0 N–H and O–H groups in total. The first-order valence-electron chi connectivity index (χ1n) is 3.71. The van der Waals surface area contributed by atoms with Crippen LogP contribution in [0.4, 0.5) is 5.69 Å². The van der Waals surface area contributed by atoms with E-state index in [1.807, 2.05) is 6.07 Å². The minimum absolute atomic E-state index is 0.506. The third kappa shape index (κ3) is 1.96. The van der Waals surface area contributed by atoms with Gasteiger partial charge in [-0.2, -0.15) is 5.26 Å².